The van der Waals surface area contributed by atoms with E-state index in [1.54, 1.807) is 27.7 Å². The molecule has 21 heavy (non-hydrogen) atoms. The van der Waals surface area contributed by atoms with E-state index < -0.39 is 29.0 Å². The molecule has 1 atom stereocenters. The summed E-state index contributed by atoms with van der Waals surface area (Å²) in [6.45, 7) is 6.98. The van der Waals surface area contributed by atoms with Crippen molar-refractivity contribution in [1.82, 2.24) is 5.32 Å². The number of aliphatic hydroxyl groups excluding tert-OH is 1. The molecule has 1 unspecified atom stereocenters. The normalized spacial score (nSPS) is 15.1. The maximum absolute atomic E-state index is 12.5. The van der Waals surface area contributed by atoms with Crippen LogP contribution in [0.1, 0.15) is 44.9 Å². The quantitative estimate of drug-likeness (QED) is 0.784. The van der Waals surface area contributed by atoms with Crippen LogP contribution in [0.3, 0.4) is 0 Å². The predicted octanol–water partition coefficient (Wildman–Crippen LogP) is 2.88. The van der Waals surface area contributed by atoms with Crippen LogP contribution in [0.2, 0.25) is 0 Å². The summed E-state index contributed by atoms with van der Waals surface area (Å²) in [5.74, 6) is 0. The van der Waals surface area contributed by atoms with Gasteiger partial charge in [0.1, 0.15) is 0 Å². The smallest absolute Gasteiger partial charge is 0.389 e. The Labute approximate surface area is 122 Å². The van der Waals surface area contributed by atoms with Gasteiger partial charge in [-0.1, -0.05) is 12.1 Å². The second kappa shape index (κ2) is 5.94. The standard InChI is InChI=1S/C15H22F3NO2/c1-13(2,14(3,4)21)19-9-12(20)10-5-7-11(8-6-10)15(16,17)18/h5-8,12,19-21H,9H2,1-4H3. The zero-order valence-corrected chi connectivity index (χ0v) is 12.6. The number of aliphatic hydroxyl groups is 2. The van der Waals surface area contributed by atoms with Crippen molar-refractivity contribution in [2.75, 3.05) is 6.54 Å². The highest BCUT2D eigenvalue weighted by atomic mass is 19.4. The van der Waals surface area contributed by atoms with Gasteiger partial charge in [-0.05, 0) is 45.4 Å². The van der Waals surface area contributed by atoms with E-state index in [0.717, 1.165) is 12.1 Å². The molecule has 3 N–H and O–H groups in total. The lowest BCUT2D eigenvalue weighted by Gasteiger charge is -2.38. The van der Waals surface area contributed by atoms with Gasteiger partial charge in [-0.2, -0.15) is 13.2 Å². The van der Waals surface area contributed by atoms with Gasteiger partial charge in [0, 0.05) is 12.1 Å². The fraction of sp³-hybridized carbons (Fsp3) is 0.600. The highest BCUT2D eigenvalue weighted by molar-refractivity contribution is 5.26. The maximum Gasteiger partial charge on any atom is 0.416 e. The Bertz CT molecular complexity index is 461. The van der Waals surface area contributed by atoms with Crippen molar-refractivity contribution < 1.29 is 23.4 Å². The van der Waals surface area contributed by atoms with Gasteiger partial charge in [-0.3, -0.25) is 0 Å². The minimum absolute atomic E-state index is 0.127. The number of alkyl halides is 3. The highest BCUT2D eigenvalue weighted by Crippen LogP contribution is 2.30. The maximum atomic E-state index is 12.5. The van der Waals surface area contributed by atoms with Crippen LogP contribution in [-0.4, -0.2) is 27.9 Å². The van der Waals surface area contributed by atoms with Crippen molar-refractivity contribution in [3.8, 4) is 0 Å². The van der Waals surface area contributed by atoms with Crippen LogP contribution in [0, 0.1) is 0 Å². The molecule has 0 heterocycles. The van der Waals surface area contributed by atoms with Crippen LogP contribution in [-0.2, 0) is 6.18 Å². The largest absolute Gasteiger partial charge is 0.416 e. The molecule has 0 saturated heterocycles. The van der Waals surface area contributed by atoms with Gasteiger partial charge >= 0.3 is 6.18 Å². The van der Waals surface area contributed by atoms with Crippen molar-refractivity contribution in [2.45, 2.75) is 51.1 Å². The minimum Gasteiger partial charge on any atom is -0.389 e. The number of halogens is 3. The Morgan fingerprint density at radius 2 is 1.52 bits per heavy atom. The van der Waals surface area contributed by atoms with Gasteiger partial charge in [0.2, 0.25) is 0 Å². The zero-order valence-electron chi connectivity index (χ0n) is 12.6. The van der Waals surface area contributed by atoms with Crippen molar-refractivity contribution >= 4 is 0 Å². The Morgan fingerprint density at radius 3 is 1.90 bits per heavy atom. The number of nitrogens with one attached hydrogen (secondary N) is 1. The van der Waals surface area contributed by atoms with E-state index in [1.807, 2.05) is 0 Å². The van der Waals surface area contributed by atoms with E-state index in [9.17, 15) is 23.4 Å². The van der Waals surface area contributed by atoms with Crippen molar-refractivity contribution in [2.24, 2.45) is 0 Å². The SMILES string of the molecule is CC(C)(O)C(C)(C)NCC(O)c1ccc(C(F)(F)F)cc1. The zero-order chi connectivity index (χ0) is 16.5. The predicted molar refractivity (Wildman–Crippen MR) is 74.8 cm³/mol. The fourth-order valence-electron chi connectivity index (χ4n) is 1.58. The molecule has 3 nitrogen and oxygen atoms in total. The second-order valence-corrected chi connectivity index (χ2v) is 6.20. The summed E-state index contributed by atoms with van der Waals surface area (Å²) < 4.78 is 37.4. The third-order valence-corrected chi connectivity index (χ3v) is 3.89. The van der Waals surface area contributed by atoms with Crippen LogP contribution in [0.4, 0.5) is 13.2 Å². The lowest BCUT2D eigenvalue weighted by atomic mass is 9.86. The molecule has 1 aromatic rings. The number of benzene rings is 1. The van der Waals surface area contributed by atoms with Gasteiger partial charge in [0.05, 0.1) is 17.3 Å². The van der Waals surface area contributed by atoms with Crippen LogP contribution in [0.25, 0.3) is 0 Å². The molecule has 0 aliphatic heterocycles. The number of rotatable bonds is 5. The number of hydrogen-bond donors (Lipinski definition) is 3. The third-order valence-electron chi connectivity index (χ3n) is 3.89. The van der Waals surface area contributed by atoms with E-state index in [4.69, 9.17) is 0 Å². The molecule has 0 aliphatic carbocycles. The van der Waals surface area contributed by atoms with Crippen LogP contribution in [0.5, 0.6) is 0 Å². The summed E-state index contributed by atoms with van der Waals surface area (Å²) in [7, 11) is 0. The molecule has 1 aromatic carbocycles. The first kappa shape index (κ1) is 17.9. The molecule has 0 fully saturated rings. The second-order valence-electron chi connectivity index (χ2n) is 6.20. The summed E-state index contributed by atoms with van der Waals surface area (Å²) in [5, 5.41) is 23.0. The Hall–Kier alpha value is -1.11. The van der Waals surface area contributed by atoms with Crippen LogP contribution < -0.4 is 5.32 Å². The molecule has 0 bridgehead atoms. The first-order chi connectivity index (χ1) is 9.34. The minimum atomic E-state index is -4.38. The summed E-state index contributed by atoms with van der Waals surface area (Å²) in [6, 6.07) is 4.40. The van der Waals surface area contributed by atoms with Crippen molar-refractivity contribution in [3.05, 3.63) is 35.4 Å². The molecule has 1 rings (SSSR count). The van der Waals surface area contributed by atoms with E-state index in [1.165, 1.54) is 12.1 Å². The summed E-state index contributed by atoms with van der Waals surface area (Å²) in [4.78, 5) is 0. The van der Waals surface area contributed by atoms with Gasteiger partial charge < -0.3 is 15.5 Å². The van der Waals surface area contributed by atoms with Gasteiger partial charge in [0.15, 0.2) is 0 Å². The lowest BCUT2D eigenvalue weighted by molar-refractivity contribution is -0.137. The van der Waals surface area contributed by atoms with E-state index in [-0.39, 0.29) is 6.54 Å². The van der Waals surface area contributed by atoms with Gasteiger partial charge in [-0.25, -0.2) is 0 Å². The van der Waals surface area contributed by atoms with Crippen LogP contribution >= 0.6 is 0 Å². The average Bonchev–Trinajstić information content (AvgIpc) is 2.34. The molecule has 0 amide bonds. The van der Waals surface area contributed by atoms with E-state index in [0.29, 0.717) is 5.56 Å². The Balaban J connectivity index is 2.71. The molecule has 120 valence electrons. The van der Waals surface area contributed by atoms with E-state index >= 15 is 0 Å². The number of β-amino-alcohol motifs (C(OH)–C–C–N with tert-alkyl or cyclic N) is 1. The molecule has 0 saturated carbocycles. The van der Waals surface area contributed by atoms with Gasteiger partial charge in [-0.15, -0.1) is 0 Å². The molecule has 0 aromatic heterocycles. The van der Waals surface area contributed by atoms with E-state index in [2.05, 4.69) is 5.32 Å². The topological polar surface area (TPSA) is 52.5 Å². The fourth-order valence-corrected chi connectivity index (χ4v) is 1.58. The van der Waals surface area contributed by atoms with Crippen molar-refractivity contribution in [1.29, 1.82) is 0 Å². The Morgan fingerprint density at radius 1 is 1.05 bits per heavy atom. The summed E-state index contributed by atoms with van der Waals surface area (Å²) in [6.07, 6.45) is -5.33. The average molecular weight is 305 g/mol. The van der Waals surface area contributed by atoms with Crippen LogP contribution in [0.15, 0.2) is 24.3 Å². The first-order valence-corrected chi connectivity index (χ1v) is 6.67. The Kier molecular flexibility index (Phi) is 5.08. The lowest BCUT2D eigenvalue weighted by Crippen LogP contribution is -2.56. The number of hydrogen-bond acceptors (Lipinski definition) is 3. The molecule has 0 radical (unpaired) electrons. The van der Waals surface area contributed by atoms with Gasteiger partial charge in [0.25, 0.3) is 0 Å². The third kappa shape index (κ3) is 4.69. The first-order valence-electron chi connectivity index (χ1n) is 6.67. The molecule has 6 heteroatoms. The molecule has 0 aliphatic rings. The van der Waals surface area contributed by atoms with Crippen molar-refractivity contribution in [3.63, 3.8) is 0 Å². The highest BCUT2D eigenvalue weighted by Gasteiger charge is 2.35. The molecular weight excluding hydrogens is 283 g/mol. The molecule has 0 spiro atoms. The molecular formula is C15H22F3NO2. The summed E-state index contributed by atoms with van der Waals surface area (Å²) in [5.41, 5.74) is -2.02. The monoisotopic (exact) mass is 305 g/mol. The summed E-state index contributed by atoms with van der Waals surface area (Å²) >= 11 is 0.